The van der Waals surface area contributed by atoms with Gasteiger partial charge < -0.3 is 0 Å². The molecule has 0 amide bonds. The predicted molar refractivity (Wildman–Crippen MR) is 58.4 cm³/mol. The van der Waals surface area contributed by atoms with Crippen molar-refractivity contribution in [3.05, 3.63) is 17.5 Å². The normalized spacial score (nSPS) is 14.6. The molecule has 2 rings (SSSR count). The van der Waals surface area contributed by atoms with Crippen molar-refractivity contribution < 1.29 is 0 Å². The average Bonchev–Trinajstić information content (AvgIpc) is 2.75. The van der Waals surface area contributed by atoms with Gasteiger partial charge in [0.05, 0.1) is 6.20 Å². The van der Waals surface area contributed by atoms with Gasteiger partial charge in [0.25, 0.3) is 0 Å². The Kier molecular flexibility index (Phi) is 3.22. The van der Waals surface area contributed by atoms with E-state index in [4.69, 9.17) is 0 Å². The fourth-order valence-electron chi connectivity index (χ4n) is 2.28. The van der Waals surface area contributed by atoms with E-state index in [0.29, 0.717) is 0 Å². The van der Waals surface area contributed by atoms with Gasteiger partial charge in [-0.25, -0.2) is 0 Å². The third kappa shape index (κ3) is 1.99. The van der Waals surface area contributed by atoms with Gasteiger partial charge in [-0.15, -0.1) is 0 Å². The fraction of sp³-hybridized carbons (Fsp3) is 0.750. The molecule has 78 valence electrons. The Morgan fingerprint density at radius 3 is 3.14 bits per heavy atom. The molecule has 0 fully saturated rings. The molecule has 2 heterocycles. The van der Waals surface area contributed by atoms with Crippen LogP contribution in [0.4, 0.5) is 0 Å². The summed E-state index contributed by atoms with van der Waals surface area (Å²) >= 11 is 0. The minimum Gasteiger partial charge on any atom is -0.269 e. The molecule has 1 aliphatic rings. The summed E-state index contributed by atoms with van der Waals surface area (Å²) in [4.78, 5) is 0. The summed E-state index contributed by atoms with van der Waals surface area (Å²) in [5.41, 5.74) is 3.03. The summed E-state index contributed by atoms with van der Waals surface area (Å²) in [6.07, 6.45) is 11.3. The van der Waals surface area contributed by atoms with E-state index in [1.807, 2.05) is 0 Å². The number of unbranched alkanes of at least 4 members (excludes halogenated alkanes) is 3. The van der Waals surface area contributed by atoms with Crippen molar-refractivity contribution in [2.75, 3.05) is 0 Å². The second-order valence-corrected chi connectivity index (χ2v) is 4.25. The molecule has 0 aromatic carbocycles. The minimum atomic E-state index is 1.14. The smallest absolute Gasteiger partial charge is 0.0524 e. The Balaban J connectivity index is 1.84. The number of aryl methyl sites for hydroxylation is 2. The molecule has 0 unspecified atom stereocenters. The quantitative estimate of drug-likeness (QED) is 0.656. The van der Waals surface area contributed by atoms with Gasteiger partial charge in [-0.1, -0.05) is 26.2 Å². The maximum atomic E-state index is 4.41. The summed E-state index contributed by atoms with van der Waals surface area (Å²) in [6, 6.07) is 0. The van der Waals surface area contributed by atoms with E-state index in [1.54, 1.807) is 0 Å². The van der Waals surface area contributed by atoms with Gasteiger partial charge in [0.2, 0.25) is 0 Å². The van der Waals surface area contributed by atoms with Crippen LogP contribution in [0.1, 0.15) is 50.3 Å². The molecule has 0 bridgehead atoms. The van der Waals surface area contributed by atoms with Crippen molar-refractivity contribution in [1.82, 2.24) is 9.78 Å². The molecule has 0 N–H and O–H groups in total. The van der Waals surface area contributed by atoms with Crippen LogP contribution in [0.3, 0.4) is 0 Å². The van der Waals surface area contributed by atoms with Gasteiger partial charge in [0, 0.05) is 12.2 Å². The van der Waals surface area contributed by atoms with E-state index in [-0.39, 0.29) is 0 Å². The monoisotopic (exact) mass is 192 g/mol. The molecule has 1 aliphatic heterocycles. The first kappa shape index (κ1) is 9.75. The van der Waals surface area contributed by atoms with Crippen LogP contribution >= 0.6 is 0 Å². The lowest BCUT2D eigenvalue weighted by atomic mass is 10.1. The van der Waals surface area contributed by atoms with Crippen molar-refractivity contribution in [2.45, 2.75) is 58.4 Å². The Morgan fingerprint density at radius 2 is 2.29 bits per heavy atom. The van der Waals surface area contributed by atoms with E-state index in [2.05, 4.69) is 22.9 Å². The molecule has 0 radical (unpaired) electrons. The Morgan fingerprint density at radius 1 is 1.36 bits per heavy atom. The molecule has 1 aromatic heterocycles. The third-order valence-electron chi connectivity index (χ3n) is 3.12. The largest absolute Gasteiger partial charge is 0.269 e. The standard InChI is InChI=1S/C12H20N2/c1-2-3-4-5-7-11-10-13-14-9-6-8-12(11)14/h10H,2-9H2,1H3. The first-order chi connectivity index (χ1) is 6.92. The van der Waals surface area contributed by atoms with Crippen molar-refractivity contribution in [1.29, 1.82) is 0 Å². The van der Waals surface area contributed by atoms with Crippen LogP contribution in [0.15, 0.2) is 6.20 Å². The highest BCUT2D eigenvalue weighted by Gasteiger charge is 2.15. The van der Waals surface area contributed by atoms with Gasteiger partial charge in [-0.3, -0.25) is 4.68 Å². The summed E-state index contributed by atoms with van der Waals surface area (Å²) < 4.78 is 2.19. The first-order valence-electron chi connectivity index (χ1n) is 5.95. The topological polar surface area (TPSA) is 17.8 Å². The van der Waals surface area contributed by atoms with E-state index < -0.39 is 0 Å². The van der Waals surface area contributed by atoms with E-state index in [9.17, 15) is 0 Å². The molecular weight excluding hydrogens is 172 g/mol. The maximum absolute atomic E-state index is 4.41. The number of nitrogens with zero attached hydrogens (tertiary/aromatic N) is 2. The van der Waals surface area contributed by atoms with Gasteiger partial charge in [0.1, 0.15) is 0 Å². The van der Waals surface area contributed by atoms with Gasteiger partial charge in [-0.05, 0) is 31.2 Å². The summed E-state index contributed by atoms with van der Waals surface area (Å²) in [6.45, 7) is 3.40. The van der Waals surface area contributed by atoms with Crippen LogP contribution in [0.5, 0.6) is 0 Å². The van der Waals surface area contributed by atoms with Crippen LogP contribution in [-0.4, -0.2) is 9.78 Å². The molecule has 0 spiro atoms. The minimum absolute atomic E-state index is 1.14. The second-order valence-electron chi connectivity index (χ2n) is 4.25. The van der Waals surface area contributed by atoms with Crippen LogP contribution in [-0.2, 0) is 19.4 Å². The van der Waals surface area contributed by atoms with Crippen molar-refractivity contribution in [2.24, 2.45) is 0 Å². The maximum Gasteiger partial charge on any atom is 0.0524 e. The molecule has 2 heteroatoms. The summed E-state index contributed by atoms with van der Waals surface area (Å²) in [5, 5.41) is 4.41. The fourth-order valence-corrected chi connectivity index (χ4v) is 2.28. The summed E-state index contributed by atoms with van der Waals surface area (Å²) in [7, 11) is 0. The zero-order chi connectivity index (χ0) is 9.80. The molecule has 0 atom stereocenters. The highest BCUT2D eigenvalue weighted by Crippen LogP contribution is 2.20. The SMILES string of the molecule is CCCCCCc1cnn2c1CCC2. The number of aromatic nitrogens is 2. The Labute approximate surface area is 86.3 Å². The zero-order valence-electron chi connectivity index (χ0n) is 9.13. The van der Waals surface area contributed by atoms with E-state index >= 15 is 0 Å². The lowest BCUT2D eigenvalue weighted by Crippen LogP contribution is -1.94. The van der Waals surface area contributed by atoms with Crippen LogP contribution in [0.25, 0.3) is 0 Å². The number of hydrogen-bond donors (Lipinski definition) is 0. The van der Waals surface area contributed by atoms with Gasteiger partial charge >= 0.3 is 0 Å². The third-order valence-corrected chi connectivity index (χ3v) is 3.12. The van der Waals surface area contributed by atoms with Crippen molar-refractivity contribution >= 4 is 0 Å². The highest BCUT2D eigenvalue weighted by molar-refractivity contribution is 5.20. The van der Waals surface area contributed by atoms with E-state index in [1.165, 1.54) is 56.2 Å². The molecular formula is C12H20N2. The highest BCUT2D eigenvalue weighted by atomic mass is 15.3. The average molecular weight is 192 g/mol. The number of hydrogen-bond acceptors (Lipinski definition) is 1. The van der Waals surface area contributed by atoms with Crippen LogP contribution in [0.2, 0.25) is 0 Å². The summed E-state index contributed by atoms with van der Waals surface area (Å²) in [5.74, 6) is 0. The molecule has 0 saturated carbocycles. The van der Waals surface area contributed by atoms with Gasteiger partial charge in [0.15, 0.2) is 0 Å². The molecule has 0 aliphatic carbocycles. The molecule has 0 saturated heterocycles. The second kappa shape index (κ2) is 4.63. The lowest BCUT2D eigenvalue weighted by Gasteiger charge is -2.00. The van der Waals surface area contributed by atoms with Gasteiger partial charge in [-0.2, -0.15) is 5.10 Å². The first-order valence-corrected chi connectivity index (χ1v) is 5.95. The van der Waals surface area contributed by atoms with Crippen LogP contribution < -0.4 is 0 Å². The van der Waals surface area contributed by atoms with Crippen molar-refractivity contribution in [3.8, 4) is 0 Å². The number of rotatable bonds is 5. The molecule has 2 nitrogen and oxygen atoms in total. The molecule has 1 aromatic rings. The molecule has 14 heavy (non-hydrogen) atoms. The predicted octanol–water partition coefficient (Wildman–Crippen LogP) is 2.95. The Bertz CT molecular complexity index is 289. The van der Waals surface area contributed by atoms with Crippen LogP contribution in [0, 0.1) is 0 Å². The van der Waals surface area contributed by atoms with E-state index in [0.717, 1.165) is 6.54 Å². The zero-order valence-corrected chi connectivity index (χ0v) is 9.13. The Hall–Kier alpha value is -0.790. The number of fused-ring (bicyclic) bond motifs is 1. The van der Waals surface area contributed by atoms with Crippen molar-refractivity contribution in [3.63, 3.8) is 0 Å². The lowest BCUT2D eigenvalue weighted by molar-refractivity contribution is 0.656.